The number of carbonyl (C=O) groups excluding carboxylic acids is 1. The Morgan fingerprint density at radius 1 is 1.09 bits per heavy atom. The Morgan fingerprint density at radius 3 is 2.50 bits per heavy atom. The molecular weight excluding hydrogens is 278 g/mol. The third-order valence-electron chi connectivity index (χ3n) is 3.49. The molecular formula is C17H21N3O2. The molecule has 0 bridgehead atoms. The van der Waals surface area contributed by atoms with Gasteiger partial charge in [-0.25, -0.2) is 4.79 Å². The first-order valence-electron chi connectivity index (χ1n) is 7.14. The zero-order valence-corrected chi connectivity index (χ0v) is 13.4. The molecule has 0 aliphatic carbocycles. The van der Waals surface area contributed by atoms with Crippen LogP contribution >= 0.6 is 0 Å². The first-order chi connectivity index (χ1) is 10.5. The highest BCUT2D eigenvalue weighted by Gasteiger charge is 2.07. The molecule has 1 heterocycles. The highest BCUT2D eigenvalue weighted by Crippen LogP contribution is 2.25. The summed E-state index contributed by atoms with van der Waals surface area (Å²) < 4.78 is 5.69. The summed E-state index contributed by atoms with van der Waals surface area (Å²) in [6.45, 7) is 8.03. The molecule has 0 saturated carbocycles. The lowest BCUT2D eigenvalue weighted by atomic mass is 10.1. The van der Waals surface area contributed by atoms with Crippen molar-refractivity contribution in [3.63, 3.8) is 0 Å². The fourth-order valence-corrected chi connectivity index (χ4v) is 2.04. The van der Waals surface area contributed by atoms with Crippen LogP contribution in [0.25, 0.3) is 0 Å². The summed E-state index contributed by atoms with van der Waals surface area (Å²) in [5.41, 5.74) is 4.85. The molecule has 0 atom stereocenters. The van der Waals surface area contributed by atoms with E-state index in [1.807, 2.05) is 39.8 Å². The Labute approximate surface area is 130 Å². The summed E-state index contributed by atoms with van der Waals surface area (Å²) in [4.78, 5) is 15.9. The molecule has 0 saturated heterocycles. The van der Waals surface area contributed by atoms with E-state index in [-0.39, 0.29) is 12.8 Å². The largest absolute Gasteiger partial charge is 0.473 e. The van der Waals surface area contributed by atoms with Crippen LogP contribution in [0.15, 0.2) is 30.5 Å². The molecule has 0 radical (unpaired) electrons. The van der Waals surface area contributed by atoms with Crippen LogP contribution in [0, 0.1) is 27.7 Å². The van der Waals surface area contributed by atoms with Gasteiger partial charge in [0.1, 0.15) is 5.75 Å². The molecule has 0 aliphatic heterocycles. The van der Waals surface area contributed by atoms with Crippen LogP contribution in [0.4, 0.5) is 10.5 Å². The van der Waals surface area contributed by atoms with Crippen LogP contribution < -0.4 is 15.4 Å². The fraction of sp³-hybridized carbons (Fsp3) is 0.294. The van der Waals surface area contributed by atoms with Crippen molar-refractivity contribution >= 4 is 11.7 Å². The van der Waals surface area contributed by atoms with Gasteiger partial charge in [-0.05, 0) is 56.5 Å². The summed E-state index contributed by atoms with van der Waals surface area (Å²) in [5.74, 6) is 0.817. The minimum Gasteiger partial charge on any atom is -0.473 e. The van der Waals surface area contributed by atoms with Crippen LogP contribution in [-0.4, -0.2) is 17.7 Å². The Hall–Kier alpha value is -2.56. The van der Waals surface area contributed by atoms with Gasteiger partial charge in [-0.1, -0.05) is 12.1 Å². The molecule has 0 unspecified atom stereocenters. The quantitative estimate of drug-likeness (QED) is 0.850. The van der Waals surface area contributed by atoms with E-state index in [0.717, 1.165) is 28.1 Å². The number of amides is 2. The van der Waals surface area contributed by atoms with E-state index in [4.69, 9.17) is 4.74 Å². The van der Waals surface area contributed by atoms with E-state index < -0.39 is 0 Å². The fourth-order valence-electron chi connectivity index (χ4n) is 2.04. The SMILES string of the molecule is Cc1ccc(NC(=O)NCOc2c(C)ccc(C)c2C)cn1. The lowest BCUT2D eigenvalue weighted by molar-refractivity contribution is 0.234. The third kappa shape index (κ3) is 3.97. The lowest BCUT2D eigenvalue weighted by Crippen LogP contribution is -2.32. The normalized spacial score (nSPS) is 10.2. The molecule has 5 nitrogen and oxygen atoms in total. The second kappa shape index (κ2) is 6.93. The van der Waals surface area contributed by atoms with Gasteiger partial charge in [0.25, 0.3) is 0 Å². The maximum Gasteiger partial charge on any atom is 0.321 e. The minimum atomic E-state index is -0.325. The highest BCUT2D eigenvalue weighted by atomic mass is 16.5. The lowest BCUT2D eigenvalue weighted by Gasteiger charge is -2.14. The molecule has 2 aromatic rings. The number of pyridine rings is 1. The van der Waals surface area contributed by atoms with Crippen molar-refractivity contribution in [2.75, 3.05) is 12.0 Å². The second-order valence-corrected chi connectivity index (χ2v) is 5.26. The number of nitrogens with zero attached hydrogens (tertiary/aromatic N) is 1. The van der Waals surface area contributed by atoms with E-state index in [2.05, 4.69) is 21.7 Å². The molecule has 5 heteroatoms. The Balaban J connectivity index is 1.87. The Kier molecular flexibility index (Phi) is 4.99. The van der Waals surface area contributed by atoms with E-state index in [1.54, 1.807) is 12.3 Å². The van der Waals surface area contributed by atoms with Gasteiger partial charge in [0.2, 0.25) is 0 Å². The molecule has 1 aromatic carbocycles. The molecule has 0 spiro atoms. The van der Waals surface area contributed by atoms with Gasteiger partial charge in [0.15, 0.2) is 6.73 Å². The molecule has 0 fully saturated rings. The average Bonchev–Trinajstić information content (AvgIpc) is 2.49. The van der Waals surface area contributed by atoms with Gasteiger partial charge in [-0.3, -0.25) is 4.98 Å². The topological polar surface area (TPSA) is 63.2 Å². The third-order valence-corrected chi connectivity index (χ3v) is 3.49. The minimum absolute atomic E-state index is 0.107. The monoisotopic (exact) mass is 299 g/mol. The van der Waals surface area contributed by atoms with Gasteiger partial charge < -0.3 is 15.4 Å². The second-order valence-electron chi connectivity index (χ2n) is 5.26. The molecule has 22 heavy (non-hydrogen) atoms. The van der Waals surface area contributed by atoms with Crippen LogP contribution in [0.2, 0.25) is 0 Å². The number of rotatable bonds is 4. The van der Waals surface area contributed by atoms with Crippen LogP contribution in [0.5, 0.6) is 5.75 Å². The summed E-state index contributed by atoms with van der Waals surface area (Å²) in [7, 11) is 0. The number of aromatic nitrogens is 1. The van der Waals surface area contributed by atoms with Gasteiger partial charge in [0.05, 0.1) is 11.9 Å². The Morgan fingerprint density at radius 2 is 1.82 bits per heavy atom. The van der Waals surface area contributed by atoms with E-state index >= 15 is 0 Å². The summed E-state index contributed by atoms with van der Waals surface area (Å²) in [6.07, 6.45) is 1.62. The van der Waals surface area contributed by atoms with Crippen molar-refractivity contribution in [1.29, 1.82) is 0 Å². The van der Waals surface area contributed by atoms with Gasteiger partial charge in [0, 0.05) is 5.69 Å². The van der Waals surface area contributed by atoms with Crippen molar-refractivity contribution in [3.05, 3.63) is 52.8 Å². The van der Waals surface area contributed by atoms with E-state index in [9.17, 15) is 4.79 Å². The first-order valence-corrected chi connectivity index (χ1v) is 7.14. The van der Waals surface area contributed by atoms with E-state index in [0.29, 0.717) is 5.69 Å². The predicted molar refractivity (Wildman–Crippen MR) is 87.3 cm³/mol. The number of benzene rings is 1. The van der Waals surface area contributed by atoms with Crippen molar-refractivity contribution < 1.29 is 9.53 Å². The first kappa shape index (κ1) is 15.8. The summed E-state index contributed by atoms with van der Waals surface area (Å²) in [6, 6.07) is 7.38. The standard InChI is InChI=1S/C17H21N3O2/c1-11-5-6-12(2)16(14(11)4)22-10-19-17(21)20-15-8-7-13(3)18-9-15/h5-9H,10H2,1-4H3,(H2,19,20,21). The number of carbonyl (C=O) groups is 1. The Bertz CT molecular complexity index is 666. The maximum absolute atomic E-state index is 11.8. The molecule has 2 amide bonds. The predicted octanol–water partition coefficient (Wildman–Crippen LogP) is 3.47. The summed E-state index contributed by atoms with van der Waals surface area (Å²) in [5, 5.41) is 5.37. The molecule has 2 rings (SSSR count). The van der Waals surface area contributed by atoms with Crippen molar-refractivity contribution in [1.82, 2.24) is 10.3 Å². The number of urea groups is 1. The number of anilines is 1. The highest BCUT2D eigenvalue weighted by molar-refractivity contribution is 5.88. The summed E-state index contributed by atoms with van der Waals surface area (Å²) >= 11 is 0. The number of aryl methyl sites for hydroxylation is 3. The van der Waals surface area contributed by atoms with E-state index in [1.165, 1.54) is 0 Å². The van der Waals surface area contributed by atoms with Gasteiger partial charge >= 0.3 is 6.03 Å². The molecule has 0 aliphatic rings. The van der Waals surface area contributed by atoms with Crippen molar-refractivity contribution in [2.45, 2.75) is 27.7 Å². The van der Waals surface area contributed by atoms with Crippen molar-refractivity contribution in [2.24, 2.45) is 0 Å². The van der Waals surface area contributed by atoms with Gasteiger partial charge in [-0.2, -0.15) is 0 Å². The zero-order valence-electron chi connectivity index (χ0n) is 13.4. The number of hydrogen-bond acceptors (Lipinski definition) is 3. The average molecular weight is 299 g/mol. The number of hydrogen-bond donors (Lipinski definition) is 2. The smallest absolute Gasteiger partial charge is 0.321 e. The number of ether oxygens (including phenoxy) is 1. The molecule has 116 valence electrons. The zero-order chi connectivity index (χ0) is 16.1. The van der Waals surface area contributed by atoms with Gasteiger partial charge in [-0.15, -0.1) is 0 Å². The maximum atomic E-state index is 11.8. The number of nitrogens with one attached hydrogen (secondary N) is 2. The van der Waals surface area contributed by atoms with Crippen LogP contribution in [-0.2, 0) is 0 Å². The van der Waals surface area contributed by atoms with Crippen LogP contribution in [0.3, 0.4) is 0 Å². The van der Waals surface area contributed by atoms with Crippen LogP contribution in [0.1, 0.15) is 22.4 Å². The van der Waals surface area contributed by atoms with Crippen molar-refractivity contribution in [3.8, 4) is 5.75 Å². The molecule has 1 aromatic heterocycles. The molecule has 2 N–H and O–H groups in total.